The standard InChI is InChI=1S/C17H22Cl2N2O3/c1-11(2)16(22)20-6-8-21(9-7-20)17(23)12(3)24-15-5-4-13(18)10-14(15)19/h4-5,10-12H,6-9H2,1-3H3. The summed E-state index contributed by atoms with van der Waals surface area (Å²) in [4.78, 5) is 28.0. The summed E-state index contributed by atoms with van der Waals surface area (Å²) in [5.41, 5.74) is 0. The van der Waals surface area contributed by atoms with E-state index < -0.39 is 6.10 Å². The molecule has 0 bridgehead atoms. The smallest absolute Gasteiger partial charge is 0.263 e. The lowest BCUT2D eigenvalue weighted by molar-refractivity contribution is -0.144. The first-order valence-corrected chi connectivity index (χ1v) is 8.74. The average Bonchev–Trinajstić information content (AvgIpc) is 2.56. The number of rotatable bonds is 4. The van der Waals surface area contributed by atoms with Gasteiger partial charge in [-0.25, -0.2) is 0 Å². The summed E-state index contributed by atoms with van der Waals surface area (Å²) in [5, 5.41) is 0.881. The van der Waals surface area contributed by atoms with Crippen molar-refractivity contribution >= 4 is 35.0 Å². The Morgan fingerprint density at radius 2 is 1.54 bits per heavy atom. The Kier molecular flexibility index (Phi) is 6.35. The molecule has 5 nitrogen and oxygen atoms in total. The highest BCUT2D eigenvalue weighted by Crippen LogP contribution is 2.28. The van der Waals surface area contributed by atoms with Gasteiger partial charge in [-0.2, -0.15) is 0 Å². The lowest BCUT2D eigenvalue weighted by atomic mass is 10.1. The van der Waals surface area contributed by atoms with Gasteiger partial charge < -0.3 is 14.5 Å². The van der Waals surface area contributed by atoms with Gasteiger partial charge in [0.05, 0.1) is 5.02 Å². The minimum Gasteiger partial charge on any atom is -0.479 e. The normalized spacial score (nSPS) is 16.2. The summed E-state index contributed by atoms with van der Waals surface area (Å²) in [6.07, 6.45) is -0.656. The number of nitrogens with zero attached hydrogens (tertiary/aromatic N) is 2. The van der Waals surface area contributed by atoms with Gasteiger partial charge in [0.25, 0.3) is 5.91 Å². The van der Waals surface area contributed by atoms with Crippen LogP contribution in [0.4, 0.5) is 0 Å². The van der Waals surface area contributed by atoms with E-state index in [4.69, 9.17) is 27.9 Å². The van der Waals surface area contributed by atoms with E-state index in [1.54, 1.807) is 34.9 Å². The molecule has 1 fully saturated rings. The number of carbonyl (C=O) groups is 2. The van der Waals surface area contributed by atoms with Gasteiger partial charge in [0.2, 0.25) is 5.91 Å². The monoisotopic (exact) mass is 372 g/mol. The number of amides is 2. The van der Waals surface area contributed by atoms with E-state index in [-0.39, 0.29) is 17.7 Å². The maximum absolute atomic E-state index is 12.5. The Morgan fingerprint density at radius 1 is 1.00 bits per heavy atom. The molecular weight excluding hydrogens is 351 g/mol. The van der Waals surface area contributed by atoms with Gasteiger partial charge in [0.1, 0.15) is 5.75 Å². The molecule has 1 atom stereocenters. The molecule has 0 saturated carbocycles. The van der Waals surface area contributed by atoms with E-state index in [2.05, 4.69) is 0 Å². The van der Waals surface area contributed by atoms with Crippen molar-refractivity contribution in [2.45, 2.75) is 26.9 Å². The quantitative estimate of drug-likeness (QED) is 0.815. The van der Waals surface area contributed by atoms with Crippen LogP contribution in [0, 0.1) is 5.92 Å². The molecule has 7 heteroatoms. The van der Waals surface area contributed by atoms with Crippen LogP contribution in [0.2, 0.25) is 10.0 Å². The number of hydrogen-bond acceptors (Lipinski definition) is 3. The zero-order chi connectivity index (χ0) is 17.9. The predicted octanol–water partition coefficient (Wildman–Crippen LogP) is 3.09. The SMILES string of the molecule is CC(C)C(=O)N1CCN(C(=O)C(C)Oc2ccc(Cl)cc2Cl)CC1. The lowest BCUT2D eigenvalue weighted by Gasteiger charge is -2.36. The first kappa shape index (κ1) is 18.9. The van der Waals surface area contributed by atoms with E-state index in [1.165, 1.54) is 0 Å². The van der Waals surface area contributed by atoms with Crippen LogP contribution in [-0.4, -0.2) is 53.9 Å². The number of piperazine rings is 1. The Labute approximate surface area is 152 Å². The highest BCUT2D eigenvalue weighted by molar-refractivity contribution is 6.35. The fourth-order valence-corrected chi connectivity index (χ4v) is 3.03. The first-order valence-electron chi connectivity index (χ1n) is 7.99. The second kappa shape index (κ2) is 8.08. The molecule has 0 aliphatic carbocycles. The molecule has 2 amide bonds. The van der Waals surface area contributed by atoms with E-state index in [1.807, 2.05) is 13.8 Å². The minimum absolute atomic E-state index is 0.0263. The van der Waals surface area contributed by atoms with E-state index in [9.17, 15) is 9.59 Å². The van der Waals surface area contributed by atoms with Crippen LogP contribution in [0.1, 0.15) is 20.8 Å². The largest absolute Gasteiger partial charge is 0.479 e. The van der Waals surface area contributed by atoms with Crippen molar-refractivity contribution in [1.82, 2.24) is 9.80 Å². The Hall–Kier alpha value is -1.46. The summed E-state index contributed by atoms with van der Waals surface area (Å²) in [5.74, 6) is 0.411. The molecule has 24 heavy (non-hydrogen) atoms. The van der Waals surface area contributed by atoms with Gasteiger partial charge in [-0.05, 0) is 25.1 Å². The number of carbonyl (C=O) groups excluding carboxylic acids is 2. The molecular formula is C17H22Cl2N2O3. The third kappa shape index (κ3) is 4.54. The van der Waals surface area contributed by atoms with Crippen LogP contribution in [0.25, 0.3) is 0 Å². The average molecular weight is 373 g/mol. The fourth-order valence-electron chi connectivity index (χ4n) is 2.58. The van der Waals surface area contributed by atoms with Crippen LogP contribution in [0.15, 0.2) is 18.2 Å². The van der Waals surface area contributed by atoms with Gasteiger partial charge >= 0.3 is 0 Å². The second-order valence-electron chi connectivity index (χ2n) is 6.14. The highest BCUT2D eigenvalue weighted by Gasteiger charge is 2.28. The molecule has 2 rings (SSSR count). The maximum Gasteiger partial charge on any atom is 0.263 e. The molecule has 1 heterocycles. The zero-order valence-electron chi connectivity index (χ0n) is 14.1. The van der Waals surface area contributed by atoms with Crippen molar-refractivity contribution < 1.29 is 14.3 Å². The molecule has 0 N–H and O–H groups in total. The molecule has 1 aromatic carbocycles. The Bertz CT molecular complexity index is 614. The third-order valence-corrected chi connectivity index (χ3v) is 4.47. The summed E-state index contributed by atoms with van der Waals surface area (Å²) in [6.45, 7) is 7.59. The van der Waals surface area contributed by atoms with Crippen LogP contribution in [0.3, 0.4) is 0 Å². The summed E-state index contributed by atoms with van der Waals surface area (Å²) in [7, 11) is 0. The maximum atomic E-state index is 12.5. The van der Waals surface area contributed by atoms with E-state index >= 15 is 0 Å². The number of ether oxygens (including phenoxy) is 1. The Morgan fingerprint density at radius 3 is 2.04 bits per heavy atom. The van der Waals surface area contributed by atoms with Crippen molar-refractivity contribution in [3.05, 3.63) is 28.2 Å². The van der Waals surface area contributed by atoms with Crippen LogP contribution >= 0.6 is 23.2 Å². The molecule has 0 spiro atoms. The predicted molar refractivity (Wildman–Crippen MR) is 94.6 cm³/mol. The van der Waals surface area contributed by atoms with Gasteiger partial charge in [-0.15, -0.1) is 0 Å². The lowest BCUT2D eigenvalue weighted by Crippen LogP contribution is -2.53. The van der Waals surface area contributed by atoms with Crippen molar-refractivity contribution in [2.24, 2.45) is 5.92 Å². The van der Waals surface area contributed by atoms with Gasteiger partial charge in [0, 0.05) is 37.1 Å². The molecule has 0 radical (unpaired) electrons. The molecule has 1 aromatic rings. The number of hydrogen-bond donors (Lipinski definition) is 0. The minimum atomic E-state index is -0.656. The highest BCUT2D eigenvalue weighted by atomic mass is 35.5. The van der Waals surface area contributed by atoms with Crippen molar-refractivity contribution in [1.29, 1.82) is 0 Å². The fraction of sp³-hybridized carbons (Fsp3) is 0.529. The van der Waals surface area contributed by atoms with Crippen LogP contribution in [-0.2, 0) is 9.59 Å². The molecule has 0 aromatic heterocycles. The van der Waals surface area contributed by atoms with Crippen molar-refractivity contribution in [2.75, 3.05) is 26.2 Å². The van der Waals surface area contributed by atoms with Crippen LogP contribution in [0.5, 0.6) is 5.75 Å². The van der Waals surface area contributed by atoms with Gasteiger partial charge in [0.15, 0.2) is 6.10 Å². The van der Waals surface area contributed by atoms with Gasteiger partial charge in [-0.1, -0.05) is 37.0 Å². The summed E-state index contributed by atoms with van der Waals surface area (Å²) >= 11 is 11.9. The second-order valence-corrected chi connectivity index (χ2v) is 6.98. The summed E-state index contributed by atoms with van der Waals surface area (Å²) in [6, 6.07) is 4.88. The summed E-state index contributed by atoms with van der Waals surface area (Å²) < 4.78 is 5.67. The van der Waals surface area contributed by atoms with Crippen molar-refractivity contribution in [3.8, 4) is 5.75 Å². The van der Waals surface area contributed by atoms with Crippen LogP contribution < -0.4 is 4.74 Å². The van der Waals surface area contributed by atoms with Gasteiger partial charge in [-0.3, -0.25) is 9.59 Å². The molecule has 132 valence electrons. The van der Waals surface area contributed by atoms with E-state index in [0.29, 0.717) is 42.0 Å². The third-order valence-electron chi connectivity index (χ3n) is 3.94. The topological polar surface area (TPSA) is 49.9 Å². The Balaban J connectivity index is 1.91. The first-order chi connectivity index (χ1) is 11.3. The molecule has 1 aliphatic rings. The molecule has 1 unspecified atom stereocenters. The zero-order valence-corrected chi connectivity index (χ0v) is 15.6. The van der Waals surface area contributed by atoms with Crippen molar-refractivity contribution in [3.63, 3.8) is 0 Å². The van der Waals surface area contributed by atoms with E-state index in [0.717, 1.165) is 0 Å². The molecule has 1 aliphatic heterocycles. The molecule has 1 saturated heterocycles. The number of halogens is 2. The number of benzene rings is 1.